The zero-order valence-corrected chi connectivity index (χ0v) is 25.0. The largest absolute Gasteiger partial charge is 0.310 e. The minimum Gasteiger partial charge on any atom is -0.310 e. The first-order valence-corrected chi connectivity index (χ1v) is 15.4. The second-order valence-corrected chi connectivity index (χ2v) is 12.2. The Bertz CT molecular complexity index is 2140. The molecule has 8 rings (SSSR count). The van der Waals surface area contributed by atoms with Crippen LogP contribution in [0.25, 0.3) is 44.2 Å². The summed E-state index contributed by atoms with van der Waals surface area (Å²) in [5.41, 5.74) is 13.7. The Morgan fingerprint density at radius 2 is 0.977 bits per heavy atom. The van der Waals surface area contributed by atoms with Crippen molar-refractivity contribution in [1.29, 1.82) is 0 Å². The fourth-order valence-electron chi connectivity index (χ4n) is 6.95. The molecule has 0 radical (unpaired) electrons. The molecule has 7 aromatic rings. The van der Waals surface area contributed by atoms with Gasteiger partial charge in [-0.1, -0.05) is 135 Å². The van der Waals surface area contributed by atoms with E-state index in [0.29, 0.717) is 0 Å². The topological polar surface area (TPSA) is 3.24 Å². The second-order valence-electron chi connectivity index (χ2n) is 12.2. The predicted octanol–water partition coefficient (Wildman–Crippen LogP) is 11.9. The van der Waals surface area contributed by atoms with E-state index in [2.05, 4.69) is 183 Å². The van der Waals surface area contributed by atoms with Crippen LogP contribution in [0.2, 0.25) is 0 Å². The molecule has 0 N–H and O–H groups in total. The molecule has 0 aromatic heterocycles. The number of rotatable bonds is 5. The molecule has 7 aromatic carbocycles. The van der Waals surface area contributed by atoms with E-state index in [9.17, 15) is 0 Å². The summed E-state index contributed by atoms with van der Waals surface area (Å²) in [6, 6.07) is 59.6. The Hall–Kier alpha value is -5.40. The lowest BCUT2D eigenvalue weighted by Gasteiger charge is -2.29. The van der Waals surface area contributed by atoms with Crippen LogP contribution in [-0.4, -0.2) is 0 Å². The SMILES string of the molecule is CC1(C)c2cc(-c3ccc4ccccc4c3)ccc2-c2ccc(N(c3ccccc3)c3ccccc3-c3ccccc3)cc21. The molecule has 0 heterocycles. The highest BCUT2D eigenvalue weighted by atomic mass is 15.1. The summed E-state index contributed by atoms with van der Waals surface area (Å²) in [4.78, 5) is 2.40. The zero-order valence-electron chi connectivity index (χ0n) is 25.0. The van der Waals surface area contributed by atoms with Crippen molar-refractivity contribution in [3.05, 3.63) is 175 Å². The number of para-hydroxylation sites is 2. The number of anilines is 3. The fourth-order valence-corrected chi connectivity index (χ4v) is 6.95. The molecule has 1 heteroatoms. The molecule has 0 amide bonds. The van der Waals surface area contributed by atoms with E-state index in [-0.39, 0.29) is 5.41 Å². The molecule has 1 nitrogen and oxygen atoms in total. The average Bonchev–Trinajstić information content (AvgIpc) is 3.31. The Kier molecular flexibility index (Phi) is 6.20. The summed E-state index contributed by atoms with van der Waals surface area (Å²) >= 11 is 0. The van der Waals surface area contributed by atoms with Gasteiger partial charge < -0.3 is 4.90 Å². The van der Waals surface area contributed by atoms with E-state index < -0.39 is 0 Å². The third-order valence-corrected chi connectivity index (χ3v) is 9.24. The van der Waals surface area contributed by atoms with Crippen molar-refractivity contribution in [1.82, 2.24) is 0 Å². The van der Waals surface area contributed by atoms with Gasteiger partial charge >= 0.3 is 0 Å². The van der Waals surface area contributed by atoms with Crippen LogP contribution in [0.15, 0.2) is 164 Å². The Labute approximate surface area is 259 Å². The number of hydrogen-bond donors (Lipinski definition) is 0. The molecule has 0 saturated carbocycles. The first-order valence-electron chi connectivity index (χ1n) is 15.4. The summed E-state index contributed by atoms with van der Waals surface area (Å²) < 4.78 is 0. The lowest BCUT2D eigenvalue weighted by atomic mass is 9.81. The van der Waals surface area contributed by atoms with Crippen LogP contribution < -0.4 is 4.90 Å². The number of benzene rings is 7. The van der Waals surface area contributed by atoms with Crippen LogP contribution in [-0.2, 0) is 5.41 Å². The highest BCUT2D eigenvalue weighted by Gasteiger charge is 2.36. The number of fused-ring (bicyclic) bond motifs is 4. The van der Waals surface area contributed by atoms with E-state index in [1.165, 1.54) is 55.3 Å². The van der Waals surface area contributed by atoms with Crippen LogP contribution in [0.5, 0.6) is 0 Å². The van der Waals surface area contributed by atoms with Crippen LogP contribution >= 0.6 is 0 Å². The van der Waals surface area contributed by atoms with Crippen LogP contribution in [0, 0.1) is 0 Å². The molecule has 1 aliphatic rings. The van der Waals surface area contributed by atoms with E-state index in [4.69, 9.17) is 0 Å². The van der Waals surface area contributed by atoms with E-state index >= 15 is 0 Å². The highest BCUT2D eigenvalue weighted by molar-refractivity contribution is 5.92. The molecule has 0 fully saturated rings. The van der Waals surface area contributed by atoms with Gasteiger partial charge in [0, 0.05) is 22.4 Å². The maximum absolute atomic E-state index is 2.42. The summed E-state index contributed by atoms with van der Waals surface area (Å²) in [6.45, 7) is 4.74. The molecule has 0 saturated heterocycles. The monoisotopic (exact) mass is 563 g/mol. The van der Waals surface area contributed by atoms with Crippen molar-refractivity contribution in [3.8, 4) is 33.4 Å². The lowest BCUT2D eigenvalue weighted by Crippen LogP contribution is -2.17. The maximum Gasteiger partial charge on any atom is 0.0540 e. The third-order valence-electron chi connectivity index (χ3n) is 9.24. The standard InChI is InChI=1S/C43H33N/c1-43(2)40-28-34(33-22-21-30-13-9-10-16-32(30)27-33)23-25-38(40)39-26-24-36(29-41(39)43)44(35-17-7-4-8-18-35)42-20-12-11-19-37(42)31-14-5-3-6-15-31/h3-29H,1-2H3. The predicted molar refractivity (Wildman–Crippen MR) is 187 cm³/mol. The molecule has 0 atom stereocenters. The summed E-state index contributed by atoms with van der Waals surface area (Å²) in [7, 11) is 0. The summed E-state index contributed by atoms with van der Waals surface area (Å²) in [6.07, 6.45) is 0. The van der Waals surface area contributed by atoms with Crippen molar-refractivity contribution in [2.75, 3.05) is 4.90 Å². The lowest BCUT2D eigenvalue weighted by molar-refractivity contribution is 0.660. The molecule has 0 aliphatic heterocycles. The Balaban J connectivity index is 1.25. The van der Waals surface area contributed by atoms with E-state index in [1.807, 2.05) is 0 Å². The molecule has 44 heavy (non-hydrogen) atoms. The fraction of sp³-hybridized carbons (Fsp3) is 0.0698. The number of hydrogen-bond acceptors (Lipinski definition) is 1. The molecule has 0 spiro atoms. The van der Waals surface area contributed by atoms with Gasteiger partial charge in [-0.15, -0.1) is 0 Å². The minimum absolute atomic E-state index is 0.144. The Morgan fingerprint density at radius 1 is 0.386 bits per heavy atom. The van der Waals surface area contributed by atoms with Crippen molar-refractivity contribution in [2.24, 2.45) is 0 Å². The smallest absolute Gasteiger partial charge is 0.0540 e. The number of nitrogens with zero attached hydrogens (tertiary/aromatic N) is 1. The average molecular weight is 564 g/mol. The Morgan fingerprint density at radius 3 is 1.77 bits per heavy atom. The van der Waals surface area contributed by atoms with Crippen LogP contribution in [0.4, 0.5) is 17.1 Å². The first-order chi connectivity index (χ1) is 21.6. The molecule has 1 aliphatic carbocycles. The van der Waals surface area contributed by atoms with Crippen LogP contribution in [0.1, 0.15) is 25.0 Å². The van der Waals surface area contributed by atoms with Crippen molar-refractivity contribution >= 4 is 27.8 Å². The van der Waals surface area contributed by atoms with Gasteiger partial charge in [0.1, 0.15) is 0 Å². The molecular formula is C43H33N. The maximum atomic E-state index is 2.42. The summed E-state index contributed by atoms with van der Waals surface area (Å²) in [5.74, 6) is 0. The van der Waals surface area contributed by atoms with Gasteiger partial charge in [-0.3, -0.25) is 0 Å². The van der Waals surface area contributed by atoms with Gasteiger partial charge in [0.25, 0.3) is 0 Å². The van der Waals surface area contributed by atoms with Gasteiger partial charge in [0.2, 0.25) is 0 Å². The molecule has 210 valence electrons. The van der Waals surface area contributed by atoms with Crippen LogP contribution in [0.3, 0.4) is 0 Å². The summed E-state index contributed by atoms with van der Waals surface area (Å²) in [5, 5.41) is 2.55. The quantitative estimate of drug-likeness (QED) is 0.201. The van der Waals surface area contributed by atoms with Gasteiger partial charge in [-0.05, 0) is 92.2 Å². The van der Waals surface area contributed by atoms with E-state index in [1.54, 1.807) is 0 Å². The van der Waals surface area contributed by atoms with E-state index in [0.717, 1.165) is 17.1 Å². The van der Waals surface area contributed by atoms with Crippen molar-refractivity contribution in [3.63, 3.8) is 0 Å². The second kappa shape index (κ2) is 10.4. The van der Waals surface area contributed by atoms with Gasteiger partial charge in [0.05, 0.1) is 5.69 Å². The minimum atomic E-state index is -0.144. The normalized spacial score (nSPS) is 13.0. The molecular weight excluding hydrogens is 530 g/mol. The zero-order chi connectivity index (χ0) is 29.7. The van der Waals surface area contributed by atoms with Crippen molar-refractivity contribution < 1.29 is 0 Å². The third kappa shape index (κ3) is 4.32. The molecule has 0 bridgehead atoms. The molecule has 0 unspecified atom stereocenters. The van der Waals surface area contributed by atoms with Gasteiger partial charge in [-0.25, -0.2) is 0 Å². The van der Waals surface area contributed by atoms with Crippen molar-refractivity contribution in [2.45, 2.75) is 19.3 Å². The highest BCUT2D eigenvalue weighted by Crippen LogP contribution is 2.52. The first kappa shape index (κ1) is 26.2. The van der Waals surface area contributed by atoms with Gasteiger partial charge in [-0.2, -0.15) is 0 Å². The van der Waals surface area contributed by atoms with Gasteiger partial charge in [0.15, 0.2) is 0 Å².